The van der Waals surface area contributed by atoms with Crippen LogP contribution in [0.4, 0.5) is 10.1 Å². The smallest absolute Gasteiger partial charge is 0.311 e. The molecular weight excluding hydrogens is 277 g/mol. The molecule has 2 rings (SSSR count). The average Bonchev–Trinajstić information content (AvgIpc) is 2.47. The summed E-state index contributed by atoms with van der Waals surface area (Å²) in [5.41, 5.74) is -0.959. The fourth-order valence-electron chi connectivity index (χ4n) is 2.62. The number of halogens is 1. The lowest BCUT2D eigenvalue weighted by atomic mass is 9.81. The zero-order chi connectivity index (χ0) is 15.5. The van der Waals surface area contributed by atoms with Crippen molar-refractivity contribution in [1.82, 2.24) is 5.32 Å². The lowest BCUT2D eigenvalue weighted by Crippen LogP contribution is -2.48. The van der Waals surface area contributed by atoms with Crippen LogP contribution in [0.25, 0.3) is 0 Å². The van der Waals surface area contributed by atoms with Gasteiger partial charge < -0.3 is 10.1 Å². The number of nitrogens with one attached hydrogen (secondary N) is 1. The molecule has 2 atom stereocenters. The maximum absolute atomic E-state index is 13.3. The SMILES string of the molecule is CNC1(C#N)CCCC(Oc2cc(F)ccc2[N+](=O)[O-])C1. The quantitative estimate of drug-likeness (QED) is 0.680. The number of nitro groups is 1. The summed E-state index contributed by atoms with van der Waals surface area (Å²) < 4.78 is 18.9. The maximum atomic E-state index is 13.3. The molecule has 1 aromatic carbocycles. The van der Waals surface area contributed by atoms with Crippen LogP contribution in [0.2, 0.25) is 0 Å². The zero-order valence-electron chi connectivity index (χ0n) is 11.6. The van der Waals surface area contributed by atoms with E-state index in [9.17, 15) is 19.8 Å². The fraction of sp³-hybridized carbons (Fsp3) is 0.500. The van der Waals surface area contributed by atoms with E-state index in [1.807, 2.05) is 0 Å². The Morgan fingerprint density at radius 2 is 2.38 bits per heavy atom. The molecule has 0 amide bonds. The third-order valence-electron chi connectivity index (χ3n) is 3.81. The molecule has 0 bridgehead atoms. The van der Waals surface area contributed by atoms with Crippen LogP contribution in [0.15, 0.2) is 18.2 Å². The van der Waals surface area contributed by atoms with Gasteiger partial charge in [-0.1, -0.05) is 0 Å². The van der Waals surface area contributed by atoms with E-state index in [-0.39, 0.29) is 17.5 Å². The monoisotopic (exact) mass is 293 g/mol. The van der Waals surface area contributed by atoms with E-state index < -0.39 is 16.3 Å². The minimum atomic E-state index is -0.689. The Labute approximate surface area is 121 Å². The number of nitrogens with zero attached hydrogens (tertiary/aromatic N) is 2. The van der Waals surface area contributed by atoms with E-state index in [4.69, 9.17) is 4.74 Å². The van der Waals surface area contributed by atoms with Crippen molar-refractivity contribution in [2.24, 2.45) is 0 Å². The summed E-state index contributed by atoms with van der Waals surface area (Å²) in [6.07, 6.45) is 2.20. The first kappa shape index (κ1) is 15.2. The first-order valence-corrected chi connectivity index (χ1v) is 6.70. The summed E-state index contributed by atoms with van der Waals surface area (Å²) in [5, 5.41) is 23.2. The molecule has 21 heavy (non-hydrogen) atoms. The van der Waals surface area contributed by atoms with Gasteiger partial charge in [-0.3, -0.25) is 10.1 Å². The summed E-state index contributed by atoms with van der Waals surface area (Å²) in [4.78, 5) is 10.3. The van der Waals surface area contributed by atoms with E-state index in [1.54, 1.807) is 7.05 Å². The molecular formula is C14H16FN3O3. The van der Waals surface area contributed by atoms with E-state index in [2.05, 4.69) is 11.4 Å². The third kappa shape index (κ3) is 3.28. The van der Waals surface area contributed by atoms with Gasteiger partial charge in [-0.2, -0.15) is 5.26 Å². The number of nitriles is 1. The van der Waals surface area contributed by atoms with Gasteiger partial charge in [-0.25, -0.2) is 4.39 Å². The molecule has 0 aliphatic heterocycles. The lowest BCUT2D eigenvalue weighted by molar-refractivity contribution is -0.386. The van der Waals surface area contributed by atoms with Crippen molar-refractivity contribution < 1.29 is 14.1 Å². The summed E-state index contributed by atoms with van der Waals surface area (Å²) in [7, 11) is 1.70. The third-order valence-corrected chi connectivity index (χ3v) is 3.81. The van der Waals surface area contributed by atoms with Gasteiger partial charge in [0.2, 0.25) is 0 Å². The zero-order valence-corrected chi connectivity index (χ0v) is 11.6. The molecule has 6 nitrogen and oxygen atoms in total. The van der Waals surface area contributed by atoms with Crippen LogP contribution in [-0.4, -0.2) is 23.6 Å². The van der Waals surface area contributed by atoms with Crippen molar-refractivity contribution >= 4 is 5.69 Å². The highest BCUT2D eigenvalue weighted by Gasteiger charge is 2.37. The second-order valence-electron chi connectivity index (χ2n) is 5.15. The Morgan fingerprint density at radius 3 is 3.00 bits per heavy atom. The van der Waals surface area contributed by atoms with Crippen LogP contribution < -0.4 is 10.1 Å². The van der Waals surface area contributed by atoms with Gasteiger partial charge in [0, 0.05) is 18.6 Å². The molecule has 112 valence electrons. The van der Waals surface area contributed by atoms with Crippen LogP contribution in [0.5, 0.6) is 5.75 Å². The number of hydrogen-bond acceptors (Lipinski definition) is 5. The van der Waals surface area contributed by atoms with Crippen LogP contribution in [0.3, 0.4) is 0 Å². The van der Waals surface area contributed by atoms with Crippen LogP contribution in [-0.2, 0) is 0 Å². The van der Waals surface area contributed by atoms with Crippen molar-refractivity contribution in [2.45, 2.75) is 37.3 Å². The Bertz CT molecular complexity index is 587. The standard InChI is InChI=1S/C14H16FN3O3/c1-17-14(9-16)6-2-3-11(8-14)21-13-7-10(15)4-5-12(13)18(19)20/h4-5,7,11,17H,2-3,6,8H2,1H3. The summed E-state index contributed by atoms with van der Waals surface area (Å²) >= 11 is 0. The molecule has 2 unspecified atom stereocenters. The molecule has 1 aliphatic rings. The molecule has 1 aliphatic carbocycles. The highest BCUT2D eigenvalue weighted by Crippen LogP contribution is 2.34. The van der Waals surface area contributed by atoms with Crippen molar-refractivity contribution in [1.29, 1.82) is 5.26 Å². The minimum Gasteiger partial charge on any atom is -0.483 e. The van der Waals surface area contributed by atoms with Crippen molar-refractivity contribution in [3.63, 3.8) is 0 Å². The molecule has 0 aromatic heterocycles. The lowest BCUT2D eigenvalue weighted by Gasteiger charge is -2.35. The fourth-order valence-corrected chi connectivity index (χ4v) is 2.62. The van der Waals surface area contributed by atoms with Crippen LogP contribution in [0, 0.1) is 27.3 Å². The van der Waals surface area contributed by atoms with E-state index in [0.29, 0.717) is 19.3 Å². The van der Waals surface area contributed by atoms with E-state index in [0.717, 1.165) is 24.6 Å². The van der Waals surface area contributed by atoms with Gasteiger partial charge in [0.05, 0.1) is 11.0 Å². The number of hydrogen-bond donors (Lipinski definition) is 1. The van der Waals surface area contributed by atoms with Crippen LogP contribution in [0.1, 0.15) is 25.7 Å². The molecule has 7 heteroatoms. The molecule has 0 spiro atoms. The van der Waals surface area contributed by atoms with Gasteiger partial charge in [-0.05, 0) is 32.4 Å². The minimum absolute atomic E-state index is 0.0881. The molecule has 1 saturated carbocycles. The molecule has 1 aromatic rings. The summed E-state index contributed by atoms with van der Waals surface area (Å²) in [6, 6.07) is 5.36. The Morgan fingerprint density at radius 1 is 1.62 bits per heavy atom. The highest BCUT2D eigenvalue weighted by atomic mass is 19.1. The number of nitro benzene ring substituents is 1. The normalized spacial score (nSPS) is 25.1. The predicted molar refractivity (Wildman–Crippen MR) is 73.3 cm³/mol. The van der Waals surface area contributed by atoms with Gasteiger partial charge in [0.15, 0.2) is 5.75 Å². The number of ether oxygens (including phenoxy) is 1. The topological polar surface area (TPSA) is 88.2 Å². The summed E-state index contributed by atoms with van der Waals surface area (Å²) in [6.45, 7) is 0. The first-order valence-electron chi connectivity index (χ1n) is 6.70. The van der Waals surface area contributed by atoms with Gasteiger partial charge in [-0.15, -0.1) is 0 Å². The van der Waals surface area contributed by atoms with Crippen LogP contribution >= 0.6 is 0 Å². The predicted octanol–water partition coefficient (Wildman–Crippen LogP) is 2.54. The molecule has 0 saturated heterocycles. The molecule has 0 radical (unpaired) electrons. The van der Waals surface area contributed by atoms with Crippen molar-refractivity contribution in [3.05, 3.63) is 34.1 Å². The van der Waals surface area contributed by atoms with E-state index >= 15 is 0 Å². The van der Waals surface area contributed by atoms with Gasteiger partial charge in [0.25, 0.3) is 0 Å². The van der Waals surface area contributed by atoms with Gasteiger partial charge in [0.1, 0.15) is 17.5 Å². The number of benzene rings is 1. The molecule has 0 heterocycles. The Balaban J connectivity index is 2.20. The second-order valence-corrected chi connectivity index (χ2v) is 5.15. The average molecular weight is 293 g/mol. The van der Waals surface area contributed by atoms with Gasteiger partial charge >= 0.3 is 5.69 Å². The second kappa shape index (κ2) is 6.06. The maximum Gasteiger partial charge on any atom is 0.311 e. The van der Waals surface area contributed by atoms with Crippen molar-refractivity contribution in [3.8, 4) is 11.8 Å². The highest BCUT2D eigenvalue weighted by molar-refractivity contribution is 5.46. The largest absolute Gasteiger partial charge is 0.483 e. The van der Waals surface area contributed by atoms with E-state index in [1.165, 1.54) is 0 Å². The first-order chi connectivity index (χ1) is 9.99. The number of rotatable bonds is 4. The van der Waals surface area contributed by atoms with Crippen molar-refractivity contribution in [2.75, 3.05) is 7.05 Å². The molecule has 1 fully saturated rings. The Kier molecular flexibility index (Phi) is 4.38. The Hall–Kier alpha value is -2.20. The summed E-state index contributed by atoms with van der Waals surface area (Å²) in [5.74, 6) is -0.679. The molecule has 1 N–H and O–H groups in total.